The summed E-state index contributed by atoms with van der Waals surface area (Å²) in [4.78, 5) is 11.4. The van der Waals surface area contributed by atoms with Gasteiger partial charge in [0, 0.05) is 18.5 Å². The number of ether oxygens (including phenoxy) is 1. The van der Waals surface area contributed by atoms with Crippen molar-refractivity contribution in [3.63, 3.8) is 0 Å². The summed E-state index contributed by atoms with van der Waals surface area (Å²) in [6.07, 6.45) is 0.757. The second-order valence-electron chi connectivity index (χ2n) is 3.34. The first kappa shape index (κ1) is 13.6. The molecule has 0 atom stereocenters. The molecule has 3 nitrogen and oxygen atoms in total. The molecular weight excluding hydrogens is 238 g/mol. The highest BCUT2D eigenvalue weighted by atomic mass is 35.5. The van der Waals surface area contributed by atoms with Gasteiger partial charge in [-0.05, 0) is 25.2 Å². The van der Waals surface area contributed by atoms with Crippen molar-refractivity contribution in [2.45, 2.75) is 6.42 Å². The van der Waals surface area contributed by atoms with Crippen molar-refractivity contribution in [3.8, 4) is 11.8 Å². The van der Waals surface area contributed by atoms with Gasteiger partial charge >= 0.3 is 5.97 Å². The predicted octanol–water partition coefficient (Wildman–Crippen LogP) is 2.09. The lowest BCUT2D eigenvalue weighted by Crippen LogP contribution is -2.06. The first-order valence-corrected chi connectivity index (χ1v) is 5.58. The molecule has 1 aromatic rings. The van der Waals surface area contributed by atoms with Gasteiger partial charge in [-0.2, -0.15) is 0 Å². The standard InChI is InChI=1S/C13H14ClNO2/c1-15-8-4-3-5-10-6-7-12(14)11(9-10)13(16)17-2/h6-7,9,15H,4,8H2,1-2H3. The van der Waals surface area contributed by atoms with Crippen LogP contribution >= 0.6 is 11.6 Å². The maximum Gasteiger partial charge on any atom is 0.339 e. The van der Waals surface area contributed by atoms with Crippen molar-refractivity contribution in [2.24, 2.45) is 0 Å². The van der Waals surface area contributed by atoms with Gasteiger partial charge in [0.05, 0.1) is 17.7 Å². The molecule has 0 amide bonds. The van der Waals surface area contributed by atoms with Crippen LogP contribution in [0.15, 0.2) is 18.2 Å². The molecule has 0 bridgehead atoms. The topological polar surface area (TPSA) is 38.3 Å². The summed E-state index contributed by atoms with van der Waals surface area (Å²) in [5.41, 5.74) is 1.10. The maximum atomic E-state index is 11.4. The molecule has 0 saturated carbocycles. The Morgan fingerprint density at radius 3 is 2.94 bits per heavy atom. The van der Waals surface area contributed by atoms with Gasteiger partial charge in [0.25, 0.3) is 0 Å². The molecule has 1 N–H and O–H groups in total. The third-order valence-corrected chi connectivity index (χ3v) is 2.43. The van der Waals surface area contributed by atoms with Crippen LogP contribution in [0.25, 0.3) is 0 Å². The van der Waals surface area contributed by atoms with E-state index < -0.39 is 5.97 Å². The maximum absolute atomic E-state index is 11.4. The molecule has 90 valence electrons. The molecule has 0 aromatic heterocycles. The lowest BCUT2D eigenvalue weighted by Gasteiger charge is -2.02. The molecule has 0 unspecified atom stereocenters. The van der Waals surface area contributed by atoms with Crippen LogP contribution in [0.2, 0.25) is 5.02 Å². The number of esters is 1. The molecule has 0 spiro atoms. The molecule has 17 heavy (non-hydrogen) atoms. The lowest BCUT2D eigenvalue weighted by molar-refractivity contribution is 0.0601. The highest BCUT2D eigenvalue weighted by molar-refractivity contribution is 6.33. The monoisotopic (exact) mass is 251 g/mol. The quantitative estimate of drug-likeness (QED) is 0.508. The number of nitrogens with one attached hydrogen (secondary N) is 1. The summed E-state index contributed by atoms with van der Waals surface area (Å²) in [5.74, 6) is 5.52. The summed E-state index contributed by atoms with van der Waals surface area (Å²) in [6, 6.07) is 5.07. The summed E-state index contributed by atoms with van der Waals surface area (Å²) in [7, 11) is 3.20. The van der Waals surface area contributed by atoms with Crippen LogP contribution in [0.4, 0.5) is 0 Å². The number of carbonyl (C=O) groups is 1. The number of methoxy groups -OCH3 is 1. The van der Waals surface area contributed by atoms with E-state index in [0.29, 0.717) is 10.6 Å². The van der Waals surface area contributed by atoms with Gasteiger partial charge in [-0.1, -0.05) is 23.4 Å². The van der Waals surface area contributed by atoms with Gasteiger partial charge < -0.3 is 10.1 Å². The van der Waals surface area contributed by atoms with Crippen molar-refractivity contribution in [2.75, 3.05) is 20.7 Å². The van der Waals surface area contributed by atoms with Gasteiger partial charge in [0.1, 0.15) is 0 Å². The van der Waals surface area contributed by atoms with Crippen LogP contribution in [-0.2, 0) is 4.74 Å². The van der Waals surface area contributed by atoms with Gasteiger partial charge in [0.15, 0.2) is 0 Å². The fourth-order valence-corrected chi connectivity index (χ4v) is 1.42. The molecule has 0 aliphatic heterocycles. The van der Waals surface area contributed by atoms with Gasteiger partial charge in [0.2, 0.25) is 0 Å². The smallest absolute Gasteiger partial charge is 0.339 e. The van der Waals surface area contributed by atoms with Crippen LogP contribution in [-0.4, -0.2) is 26.7 Å². The van der Waals surface area contributed by atoms with E-state index in [1.165, 1.54) is 7.11 Å². The number of rotatable bonds is 3. The average molecular weight is 252 g/mol. The predicted molar refractivity (Wildman–Crippen MR) is 68.2 cm³/mol. The van der Waals surface area contributed by atoms with Crippen LogP contribution in [0, 0.1) is 11.8 Å². The average Bonchev–Trinajstić information content (AvgIpc) is 2.35. The van der Waals surface area contributed by atoms with Crippen LogP contribution in [0.1, 0.15) is 22.3 Å². The molecular formula is C13H14ClNO2. The Morgan fingerprint density at radius 2 is 2.29 bits per heavy atom. The Kier molecular flexibility index (Phi) is 5.55. The molecule has 0 aliphatic rings. The Hall–Kier alpha value is -1.50. The highest BCUT2D eigenvalue weighted by Crippen LogP contribution is 2.18. The van der Waals surface area contributed by atoms with Crippen molar-refractivity contribution >= 4 is 17.6 Å². The SMILES string of the molecule is CNCCC#Cc1ccc(Cl)c(C(=O)OC)c1. The minimum absolute atomic E-state index is 0.342. The lowest BCUT2D eigenvalue weighted by atomic mass is 10.1. The first-order chi connectivity index (χ1) is 8.19. The number of hydrogen-bond acceptors (Lipinski definition) is 3. The van der Waals surface area contributed by atoms with Crippen molar-refractivity contribution in [3.05, 3.63) is 34.3 Å². The first-order valence-electron chi connectivity index (χ1n) is 5.20. The highest BCUT2D eigenvalue weighted by Gasteiger charge is 2.10. The molecule has 0 radical (unpaired) electrons. The van der Waals surface area contributed by atoms with Crippen molar-refractivity contribution < 1.29 is 9.53 Å². The zero-order valence-corrected chi connectivity index (χ0v) is 10.6. The van der Waals surface area contributed by atoms with Crippen LogP contribution < -0.4 is 5.32 Å². The summed E-state index contributed by atoms with van der Waals surface area (Å²) in [5, 5.41) is 3.38. The Morgan fingerprint density at radius 1 is 1.53 bits per heavy atom. The second-order valence-corrected chi connectivity index (χ2v) is 3.75. The van der Waals surface area contributed by atoms with Gasteiger partial charge in [-0.3, -0.25) is 0 Å². The normalized spacial score (nSPS) is 9.35. The van der Waals surface area contributed by atoms with E-state index in [4.69, 9.17) is 11.6 Å². The van der Waals surface area contributed by atoms with E-state index in [2.05, 4.69) is 21.9 Å². The molecule has 0 aliphatic carbocycles. The van der Waals surface area contributed by atoms with Crippen molar-refractivity contribution in [1.82, 2.24) is 5.32 Å². The fraction of sp³-hybridized carbons (Fsp3) is 0.308. The fourth-order valence-electron chi connectivity index (χ4n) is 1.22. The van der Waals surface area contributed by atoms with E-state index in [9.17, 15) is 4.79 Å². The molecule has 1 aromatic carbocycles. The van der Waals surface area contributed by atoms with Crippen LogP contribution in [0.3, 0.4) is 0 Å². The number of benzene rings is 1. The second kappa shape index (κ2) is 6.95. The van der Waals surface area contributed by atoms with E-state index in [1.807, 2.05) is 7.05 Å². The minimum atomic E-state index is -0.450. The number of carbonyl (C=O) groups excluding carboxylic acids is 1. The molecule has 4 heteroatoms. The number of hydrogen-bond donors (Lipinski definition) is 1. The van der Waals surface area contributed by atoms with Crippen LogP contribution in [0.5, 0.6) is 0 Å². The molecule has 0 saturated heterocycles. The summed E-state index contributed by atoms with van der Waals surface area (Å²) in [6.45, 7) is 0.838. The Balaban J connectivity index is 2.87. The Bertz CT molecular complexity index is 460. The zero-order valence-electron chi connectivity index (χ0n) is 9.84. The minimum Gasteiger partial charge on any atom is -0.465 e. The summed E-state index contributed by atoms with van der Waals surface area (Å²) >= 11 is 5.89. The van der Waals surface area contributed by atoms with Gasteiger partial charge in [-0.15, -0.1) is 0 Å². The zero-order chi connectivity index (χ0) is 12.7. The molecule has 0 fully saturated rings. The Labute approximate surface area is 106 Å². The van der Waals surface area contributed by atoms with Gasteiger partial charge in [-0.25, -0.2) is 4.79 Å². The summed E-state index contributed by atoms with van der Waals surface area (Å²) < 4.78 is 4.63. The number of halogens is 1. The third-order valence-electron chi connectivity index (χ3n) is 2.10. The van der Waals surface area contributed by atoms with E-state index in [0.717, 1.165) is 18.5 Å². The molecule has 0 heterocycles. The molecule has 1 rings (SSSR count). The van der Waals surface area contributed by atoms with E-state index >= 15 is 0 Å². The third kappa shape index (κ3) is 4.10. The largest absolute Gasteiger partial charge is 0.465 e. The van der Waals surface area contributed by atoms with E-state index in [-0.39, 0.29) is 0 Å². The van der Waals surface area contributed by atoms with Crippen molar-refractivity contribution in [1.29, 1.82) is 0 Å². The van der Waals surface area contributed by atoms with E-state index in [1.54, 1.807) is 18.2 Å².